The van der Waals surface area contributed by atoms with E-state index < -0.39 is 0 Å². The van der Waals surface area contributed by atoms with Crippen molar-refractivity contribution in [2.24, 2.45) is 5.92 Å². The van der Waals surface area contributed by atoms with Crippen molar-refractivity contribution in [3.8, 4) is 0 Å². The fourth-order valence-electron chi connectivity index (χ4n) is 5.89. The first-order valence-corrected chi connectivity index (χ1v) is 12.9. The van der Waals surface area contributed by atoms with Crippen molar-refractivity contribution >= 4 is 5.91 Å². The molecule has 0 N–H and O–H groups in total. The van der Waals surface area contributed by atoms with E-state index in [1.807, 2.05) is 18.5 Å². The van der Waals surface area contributed by atoms with Crippen molar-refractivity contribution in [2.45, 2.75) is 83.2 Å². The number of hydrogen-bond donors (Lipinski definition) is 0. The zero-order chi connectivity index (χ0) is 21.3. The van der Waals surface area contributed by atoms with Crippen LogP contribution in [-0.2, 0) is 11.3 Å². The van der Waals surface area contributed by atoms with Crippen molar-refractivity contribution < 1.29 is 4.79 Å². The highest BCUT2D eigenvalue weighted by atomic mass is 16.2. The molecule has 5 nitrogen and oxygen atoms in total. The van der Waals surface area contributed by atoms with Crippen LogP contribution in [0, 0.1) is 5.92 Å². The van der Waals surface area contributed by atoms with Gasteiger partial charge in [-0.3, -0.25) is 14.7 Å². The van der Waals surface area contributed by atoms with Crippen molar-refractivity contribution in [1.29, 1.82) is 0 Å². The summed E-state index contributed by atoms with van der Waals surface area (Å²) in [4.78, 5) is 25.0. The summed E-state index contributed by atoms with van der Waals surface area (Å²) in [5, 5.41) is 0. The molecule has 31 heavy (non-hydrogen) atoms. The second-order valence-corrected chi connectivity index (χ2v) is 10.1. The summed E-state index contributed by atoms with van der Waals surface area (Å²) in [5.74, 6) is 0.904. The van der Waals surface area contributed by atoms with Crippen molar-refractivity contribution in [1.82, 2.24) is 19.7 Å². The summed E-state index contributed by atoms with van der Waals surface area (Å²) in [6.45, 7) is 6.75. The highest BCUT2D eigenvalue weighted by Gasteiger charge is 2.29. The van der Waals surface area contributed by atoms with Gasteiger partial charge in [-0.15, -0.1) is 0 Å². The molecular weight excluding hydrogens is 384 g/mol. The largest absolute Gasteiger partial charge is 0.337 e. The number of pyridine rings is 1. The molecule has 1 saturated carbocycles. The molecule has 0 bridgehead atoms. The first-order valence-electron chi connectivity index (χ1n) is 12.9. The third-order valence-corrected chi connectivity index (χ3v) is 7.63. The Kier molecular flexibility index (Phi) is 8.77. The molecule has 172 valence electrons. The lowest BCUT2D eigenvalue weighted by molar-refractivity contribution is -0.134. The lowest BCUT2D eigenvalue weighted by Crippen LogP contribution is -2.48. The van der Waals surface area contributed by atoms with Crippen LogP contribution in [0.5, 0.6) is 0 Å². The molecular formula is C26H42N4O. The number of likely N-dealkylation sites (tertiary alicyclic amines) is 2. The van der Waals surface area contributed by atoms with Crippen LogP contribution in [0.15, 0.2) is 24.5 Å². The molecule has 1 aliphatic carbocycles. The molecule has 0 spiro atoms. The van der Waals surface area contributed by atoms with E-state index in [0.717, 1.165) is 31.2 Å². The van der Waals surface area contributed by atoms with Gasteiger partial charge in [0.25, 0.3) is 0 Å². The number of piperidine rings is 1. The summed E-state index contributed by atoms with van der Waals surface area (Å²) in [7, 11) is 0. The normalized spacial score (nSPS) is 24.6. The van der Waals surface area contributed by atoms with E-state index in [1.165, 1.54) is 83.7 Å². The number of amides is 1. The monoisotopic (exact) mass is 426 g/mol. The predicted octanol–water partition coefficient (Wildman–Crippen LogP) is 4.33. The molecule has 0 aromatic carbocycles. The van der Waals surface area contributed by atoms with Gasteiger partial charge in [-0.1, -0.05) is 38.2 Å². The maximum atomic E-state index is 13.4. The lowest BCUT2D eigenvalue weighted by atomic mass is 9.90. The zero-order valence-electron chi connectivity index (χ0n) is 19.4. The Balaban J connectivity index is 1.38. The van der Waals surface area contributed by atoms with Crippen molar-refractivity contribution in [3.63, 3.8) is 0 Å². The highest BCUT2D eigenvalue weighted by molar-refractivity contribution is 5.78. The van der Waals surface area contributed by atoms with Crippen LogP contribution in [0.3, 0.4) is 0 Å². The van der Waals surface area contributed by atoms with Crippen LogP contribution < -0.4 is 0 Å². The van der Waals surface area contributed by atoms with Gasteiger partial charge in [0.15, 0.2) is 0 Å². The molecule has 1 aromatic rings. The maximum absolute atomic E-state index is 13.4. The van der Waals surface area contributed by atoms with E-state index in [-0.39, 0.29) is 0 Å². The smallest absolute Gasteiger partial charge is 0.237 e. The van der Waals surface area contributed by atoms with E-state index in [9.17, 15) is 4.79 Å². The standard InChI is InChI=1S/C26H42N4O/c31-26(22-28-15-6-1-2-7-16-28)30(19-23-10-8-14-27-18-23)21-24-11-9-17-29(20-24)25-12-4-3-5-13-25/h8,10,14,18,24-25H,1-7,9,11-13,15-17,19-22H2/t24-/m0/s1. The van der Waals surface area contributed by atoms with Gasteiger partial charge in [-0.25, -0.2) is 0 Å². The zero-order valence-corrected chi connectivity index (χ0v) is 19.4. The van der Waals surface area contributed by atoms with E-state index >= 15 is 0 Å². The fraction of sp³-hybridized carbons (Fsp3) is 0.769. The van der Waals surface area contributed by atoms with E-state index in [2.05, 4.69) is 25.8 Å². The maximum Gasteiger partial charge on any atom is 0.237 e. The third-order valence-electron chi connectivity index (χ3n) is 7.63. The van der Waals surface area contributed by atoms with Gasteiger partial charge in [0.1, 0.15) is 0 Å². The molecule has 3 aliphatic rings. The molecule has 5 heteroatoms. The first kappa shape index (κ1) is 22.7. The topological polar surface area (TPSA) is 39.7 Å². The van der Waals surface area contributed by atoms with Gasteiger partial charge in [0.2, 0.25) is 5.91 Å². The average Bonchev–Trinajstić information content (AvgIpc) is 3.09. The number of carbonyl (C=O) groups excluding carboxylic acids is 1. The second kappa shape index (κ2) is 12.0. The van der Waals surface area contributed by atoms with Crippen molar-refractivity contribution in [2.75, 3.05) is 39.3 Å². The number of hydrogen-bond acceptors (Lipinski definition) is 4. The molecule has 3 heterocycles. The minimum atomic E-state index is 0.306. The quantitative estimate of drug-likeness (QED) is 0.651. The van der Waals surface area contributed by atoms with Gasteiger partial charge in [0, 0.05) is 38.1 Å². The van der Waals surface area contributed by atoms with Crippen LogP contribution in [-0.4, -0.2) is 70.9 Å². The minimum Gasteiger partial charge on any atom is -0.337 e. The summed E-state index contributed by atoms with van der Waals surface area (Å²) >= 11 is 0. The lowest BCUT2D eigenvalue weighted by Gasteiger charge is -2.41. The van der Waals surface area contributed by atoms with E-state index in [4.69, 9.17) is 0 Å². The van der Waals surface area contributed by atoms with Crippen LogP contribution >= 0.6 is 0 Å². The van der Waals surface area contributed by atoms with Gasteiger partial charge in [-0.05, 0) is 75.7 Å². The Morgan fingerprint density at radius 3 is 2.48 bits per heavy atom. The van der Waals surface area contributed by atoms with Crippen molar-refractivity contribution in [3.05, 3.63) is 30.1 Å². The number of aromatic nitrogens is 1. The van der Waals surface area contributed by atoms with Gasteiger partial charge in [-0.2, -0.15) is 0 Å². The summed E-state index contributed by atoms with van der Waals surface area (Å²) < 4.78 is 0. The van der Waals surface area contributed by atoms with Gasteiger partial charge in [0.05, 0.1) is 6.54 Å². The molecule has 3 fully saturated rings. The minimum absolute atomic E-state index is 0.306. The van der Waals surface area contributed by atoms with E-state index in [0.29, 0.717) is 24.9 Å². The fourth-order valence-corrected chi connectivity index (χ4v) is 5.89. The number of nitrogens with zero attached hydrogens (tertiary/aromatic N) is 4. The highest BCUT2D eigenvalue weighted by Crippen LogP contribution is 2.28. The Bertz CT molecular complexity index is 653. The molecule has 4 rings (SSSR count). The predicted molar refractivity (Wildman–Crippen MR) is 126 cm³/mol. The van der Waals surface area contributed by atoms with Crippen LogP contribution in [0.1, 0.15) is 76.2 Å². The van der Waals surface area contributed by atoms with Gasteiger partial charge < -0.3 is 9.80 Å². The molecule has 1 amide bonds. The second-order valence-electron chi connectivity index (χ2n) is 10.1. The Labute approximate surface area is 189 Å². The third kappa shape index (κ3) is 7.01. The molecule has 0 radical (unpaired) electrons. The van der Waals surface area contributed by atoms with Crippen LogP contribution in [0.2, 0.25) is 0 Å². The molecule has 0 unspecified atom stereocenters. The van der Waals surface area contributed by atoms with Gasteiger partial charge >= 0.3 is 0 Å². The average molecular weight is 427 g/mol. The Hall–Kier alpha value is -1.46. The Morgan fingerprint density at radius 1 is 0.968 bits per heavy atom. The Morgan fingerprint density at radius 2 is 1.74 bits per heavy atom. The van der Waals surface area contributed by atoms with Crippen LogP contribution in [0.25, 0.3) is 0 Å². The SMILES string of the molecule is O=C(CN1CCCCCC1)N(Cc1cccnc1)C[C@H]1CCCN(C2CCCCC2)C1. The molecule has 2 aliphatic heterocycles. The first-order chi connectivity index (χ1) is 15.3. The number of rotatable bonds is 7. The molecule has 1 atom stereocenters. The number of carbonyl (C=O) groups is 1. The summed E-state index contributed by atoms with van der Waals surface area (Å²) in [6, 6.07) is 4.88. The molecule has 1 aromatic heterocycles. The molecule has 2 saturated heterocycles. The van der Waals surface area contributed by atoms with Crippen LogP contribution in [0.4, 0.5) is 0 Å². The summed E-state index contributed by atoms with van der Waals surface area (Å²) in [6.07, 6.45) is 18.3. The van der Waals surface area contributed by atoms with E-state index in [1.54, 1.807) is 0 Å². The summed E-state index contributed by atoms with van der Waals surface area (Å²) in [5.41, 5.74) is 1.15.